The van der Waals surface area contributed by atoms with Gasteiger partial charge in [0.1, 0.15) is 0 Å². The molecule has 0 fully saturated rings. The number of amides is 1. The van der Waals surface area contributed by atoms with Crippen LogP contribution in [0.15, 0.2) is 29.2 Å². The van der Waals surface area contributed by atoms with E-state index < -0.39 is 0 Å². The molecule has 1 aliphatic rings. The van der Waals surface area contributed by atoms with Gasteiger partial charge in [-0.25, -0.2) is 0 Å². The molecule has 0 bridgehead atoms. The van der Waals surface area contributed by atoms with Crippen LogP contribution in [0.5, 0.6) is 0 Å². The predicted molar refractivity (Wildman–Crippen MR) is 101 cm³/mol. The van der Waals surface area contributed by atoms with Crippen LogP contribution in [0.2, 0.25) is 0 Å². The number of H-pyrrole nitrogens is 1. The Kier molecular flexibility index (Phi) is 5.96. The topological polar surface area (TPSA) is 69.8 Å². The maximum atomic E-state index is 12.4. The lowest BCUT2D eigenvalue weighted by Gasteiger charge is -2.17. The van der Waals surface area contributed by atoms with E-state index in [1.165, 1.54) is 4.90 Å². The molecular weight excluding hydrogens is 344 g/mol. The standard InChI is InChI=1S/C17H22N4OS.ClH/c1-17(2,3)23-12-6-4-11(5-7-12)19-16(22)15-13-10-18-9-8-14(13)20-21-15;/h4-7,18H,8-10H2,1-3H3,(H,19,22)(H,20,21);1H. The number of halogens is 1. The first kappa shape index (κ1) is 18.8. The number of hydrogen-bond acceptors (Lipinski definition) is 4. The van der Waals surface area contributed by atoms with Crippen LogP contribution in [-0.2, 0) is 13.0 Å². The number of thioether (sulfide) groups is 1. The molecule has 3 N–H and O–H groups in total. The van der Waals surface area contributed by atoms with E-state index >= 15 is 0 Å². The summed E-state index contributed by atoms with van der Waals surface area (Å²) in [4.78, 5) is 13.6. The average Bonchev–Trinajstić information content (AvgIpc) is 2.92. The Bertz CT molecular complexity index is 706. The Balaban J connectivity index is 0.00000208. The minimum atomic E-state index is -0.164. The van der Waals surface area contributed by atoms with Crippen molar-refractivity contribution < 1.29 is 4.79 Å². The number of hydrogen-bond donors (Lipinski definition) is 3. The highest BCUT2D eigenvalue weighted by molar-refractivity contribution is 8.00. The molecule has 0 unspecified atom stereocenters. The smallest absolute Gasteiger partial charge is 0.276 e. The summed E-state index contributed by atoms with van der Waals surface area (Å²) in [7, 11) is 0. The molecule has 0 aliphatic carbocycles. The summed E-state index contributed by atoms with van der Waals surface area (Å²) in [6, 6.07) is 7.94. The molecule has 0 atom stereocenters. The number of nitrogens with zero attached hydrogens (tertiary/aromatic N) is 1. The molecule has 5 nitrogen and oxygen atoms in total. The van der Waals surface area contributed by atoms with Crippen molar-refractivity contribution >= 4 is 35.8 Å². The molecule has 0 saturated carbocycles. The van der Waals surface area contributed by atoms with E-state index in [4.69, 9.17) is 0 Å². The largest absolute Gasteiger partial charge is 0.321 e. The normalized spacial score (nSPS) is 13.8. The second-order valence-corrected chi connectivity index (χ2v) is 8.55. The molecule has 0 saturated heterocycles. The lowest BCUT2D eigenvalue weighted by atomic mass is 10.1. The van der Waals surface area contributed by atoms with E-state index in [9.17, 15) is 4.79 Å². The van der Waals surface area contributed by atoms with Gasteiger partial charge in [-0.15, -0.1) is 24.2 Å². The van der Waals surface area contributed by atoms with Gasteiger partial charge < -0.3 is 10.6 Å². The fourth-order valence-corrected chi connectivity index (χ4v) is 3.54. The van der Waals surface area contributed by atoms with Gasteiger partial charge in [-0.05, 0) is 24.3 Å². The zero-order valence-corrected chi connectivity index (χ0v) is 15.7. The second-order valence-electron chi connectivity index (χ2n) is 6.65. The monoisotopic (exact) mass is 366 g/mol. The SMILES string of the molecule is CC(C)(C)Sc1ccc(NC(=O)c2n[nH]c3c2CNCC3)cc1.Cl. The Morgan fingerprint density at radius 3 is 2.62 bits per heavy atom. The van der Waals surface area contributed by atoms with Crippen LogP contribution in [0, 0.1) is 0 Å². The third-order valence-electron chi connectivity index (χ3n) is 3.56. The third kappa shape index (κ3) is 4.53. The van der Waals surface area contributed by atoms with E-state index in [0.717, 1.165) is 29.9 Å². The Morgan fingerprint density at radius 2 is 1.96 bits per heavy atom. The Labute approximate surface area is 152 Å². The van der Waals surface area contributed by atoms with Gasteiger partial charge in [0.2, 0.25) is 0 Å². The van der Waals surface area contributed by atoms with Gasteiger partial charge in [-0.2, -0.15) is 5.10 Å². The average molecular weight is 367 g/mol. The van der Waals surface area contributed by atoms with Crippen LogP contribution in [0.3, 0.4) is 0 Å². The van der Waals surface area contributed by atoms with Crippen LogP contribution >= 0.6 is 24.2 Å². The first-order valence-corrected chi connectivity index (χ1v) is 8.61. The molecule has 3 rings (SSSR count). The highest BCUT2D eigenvalue weighted by Gasteiger charge is 2.21. The molecule has 130 valence electrons. The summed E-state index contributed by atoms with van der Waals surface area (Å²) in [6.07, 6.45) is 0.883. The number of carbonyl (C=O) groups excluding carboxylic acids is 1. The van der Waals surface area contributed by atoms with Crippen molar-refractivity contribution in [3.63, 3.8) is 0 Å². The minimum Gasteiger partial charge on any atom is -0.321 e. The van der Waals surface area contributed by atoms with E-state index in [2.05, 4.69) is 41.6 Å². The lowest BCUT2D eigenvalue weighted by molar-refractivity contribution is 0.102. The highest BCUT2D eigenvalue weighted by atomic mass is 35.5. The number of carbonyl (C=O) groups is 1. The van der Waals surface area contributed by atoms with Crippen LogP contribution in [0.4, 0.5) is 5.69 Å². The fraction of sp³-hybridized carbons (Fsp3) is 0.412. The number of nitrogens with one attached hydrogen (secondary N) is 3. The van der Waals surface area contributed by atoms with Crippen LogP contribution < -0.4 is 10.6 Å². The van der Waals surface area contributed by atoms with Crippen molar-refractivity contribution in [2.75, 3.05) is 11.9 Å². The van der Waals surface area contributed by atoms with Crippen molar-refractivity contribution in [1.29, 1.82) is 0 Å². The van der Waals surface area contributed by atoms with E-state index in [-0.39, 0.29) is 23.1 Å². The summed E-state index contributed by atoms with van der Waals surface area (Å²) >= 11 is 1.81. The van der Waals surface area contributed by atoms with Gasteiger partial charge in [-0.3, -0.25) is 9.89 Å². The van der Waals surface area contributed by atoms with Gasteiger partial charge in [0, 0.05) is 46.1 Å². The van der Waals surface area contributed by atoms with Gasteiger partial charge in [0.05, 0.1) is 0 Å². The number of fused-ring (bicyclic) bond motifs is 1. The summed E-state index contributed by atoms with van der Waals surface area (Å²) < 4.78 is 0.172. The molecular formula is C17H23ClN4OS. The molecule has 0 radical (unpaired) electrons. The zero-order chi connectivity index (χ0) is 16.4. The Morgan fingerprint density at radius 1 is 1.25 bits per heavy atom. The van der Waals surface area contributed by atoms with Crippen LogP contribution in [0.1, 0.15) is 42.5 Å². The van der Waals surface area contributed by atoms with Crippen LogP contribution in [-0.4, -0.2) is 27.4 Å². The summed E-state index contributed by atoms with van der Waals surface area (Å²) in [5.74, 6) is -0.164. The van der Waals surface area contributed by atoms with Crippen LogP contribution in [0.25, 0.3) is 0 Å². The number of rotatable bonds is 3. The molecule has 1 amide bonds. The Hall–Kier alpha value is -1.50. The fourth-order valence-electron chi connectivity index (χ4n) is 2.56. The molecule has 1 aromatic carbocycles. The third-order valence-corrected chi connectivity index (χ3v) is 4.68. The molecule has 2 heterocycles. The first-order chi connectivity index (χ1) is 10.9. The first-order valence-electron chi connectivity index (χ1n) is 7.80. The number of aromatic amines is 1. The quantitative estimate of drug-likeness (QED) is 0.725. The summed E-state index contributed by atoms with van der Waals surface area (Å²) in [6.45, 7) is 8.16. The zero-order valence-electron chi connectivity index (χ0n) is 14.1. The lowest BCUT2D eigenvalue weighted by Crippen LogP contribution is -2.25. The van der Waals surface area contributed by atoms with E-state index in [0.29, 0.717) is 12.2 Å². The molecule has 7 heteroatoms. The maximum Gasteiger partial charge on any atom is 0.276 e. The minimum absolute atomic E-state index is 0. The maximum absolute atomic E-state index is 12.4. The number of anilines is 1. The van der Waals surface area contributed by atoms with Crippen molar-refractivity contribution in [2.45, 2.75) is 43.4 Å². The molecule has 24 heavy (non-hydrogen) atoms. The molecule has 0 spiro atoms. The molecule has 1 aromatic heterocycles. The molecule has 2 aromatic rings. The van der Waals surface area contributed by atoms with Crippen molar-refractivity contribution in [2.24, 2.45) is 0 Å². The highest BCUT2D eigenvalue weighted by Crippen LogP contribution is 2.32. The van der Waals surface area contributed by atoms with E-state index in [1.54, 1.807) is 11.8 Å². The molecule has 1 aliphatic heterocycles. The number of benzene rings is 1. The van der Waals surface area contributed by atoms with Gasteiger partial charge >= 0.3 is 0 Å². The predicted octanol–water partition coefficient (Wildman–Crippen LogP) is 3.62. The van der Waals surface area contributed by atoms with Gasteiger partial charge in [0.15, 0.2) is 5.69 Å². The van der Waals surface area contributed by atoms with Crippen molar-refractivity contribution in [3.05, 3.63) is 41.2 Å². The van der Waals surface area contributed by atoms with Gasteiger partial charge in [0.25, 0.3) is 5.91 Å². The van der Waals surface area contributed by atoms with Gasteiger partial charge in [-0.1, -0.05) is 20.8 Å². The van der Waals surface area contributed by atoms with E-state index in [1.807, 2.05) is 24.3 Å². The second kappa shape index (κ2) is 7.59. The number of aromatic nitrogens is 2. The van der Waals surface area contributed by atoms with Crippen molar-refractivity contribution in [1.82, 2.24) is 15.5 Å². The summed E-state index contributed by atoms with van der Waals surface area (Å²) in [5, 5.41) is 13.4. The summed E-state index contributed by atoms with van der Waals surface area (Å²) in [5.41, 5.74) is 3.31. The van der Waals surface area contributed by atoms with Crippen molar-refractivity contribution in [3.8, 4) is 0 Å².